The Kier molecular flexibility index (Phi) is 5.78. The summed E-state index contributed by atoms with van der Waals surface area (Å²) in [5.74, 6) is -0.861. The van der Waals surface area contributed by atoms with Gasteiger partial charge in [-0.15, -0.1) is 0 Å². The molecule has 0 aromatic rings. The molecule has 25 heavy (non-hydrogen) atoms. The van der Waals surface area contributed by atoms with Gasteiger partial charge in [-0.25, -0.2) is 4.79 Å². The number of rotatable bonds is 1. The number of carbonyl (C=O) groups excluding carboxylic acids is 3. The van der Waals surface area contributed by atoms with Crippen molar-refractivity contribution in [3.05, 3.63) is 35.5 Å². The molecule has 1 N–H and O–H groups in total. The van der Waals surface area contributed by atoms with Crippen LogP contribution in [0.2, 0.25) is 0 Å². The van der Waals surface area contributed by atoms with Crippen molar-refractivity contribution in [3.63, 3.8) is 0 Å². The van der Waals surface area contributed by atoms with E-state index >= 15 is 0 Å². The van der Waals surface area contributed by atoms with Gasteiger partial charge in [-0.05, 0) is 57.3 Å². The molecule has 1 aliphatic heterocycles. The molecule has 136 valence electrons. The Morgan fingerprint density at radius 3 is 2.68 bits per heavy atom. The predicted molar refractivity (Wildman–Crippen MR) is 93.7 cm³/mol. The van der Waals surface area contributed by atoms with Crippen molar-refractivity contribution in [3.8, 4) is 0 Å². The summed E-state index contributed by atoms with van der Waals surface area (Å²) in [5, 5.41) is 10.5. The van der Waals surface area contributed by atoms with Gasteiger partial charge in [0.1, 0.15) is 6.10 Å². The van der Waals surface area contributed by atoms with E-state index in [0.717, 1.165) is 5.57 Å². The van der Waals surface area contributed by atoms with Crippen LogP contribution in [0, 0.1) is 5.92 Å². The predicted octanol–water partition coefficient (Wildman–Crippen LogP) is 2.83. The molecule has 0 spiro atoms. The van der Waals surface area contributed by atoms with Crippen LogP contribution in [0.3, 0.4) is 0 Å². The maximum absolute atomic E-state index is 12.4. The highest BCUT2D eigenvalue weighted by Gasteiger charge is 2.34. The zero-order valence-electron chi connectivity index (χ0n) is 15.1. The topological polar surface area (TPSA) is 80.7 Å². The van der Waals surface area contributed by atoms with Crippen molar-refractivity contribution >= 4 is 17.5 Å². The molecule has 2 rings (SSSR count). The van der Waals surface area contributed by atoms with Crippen molar-refractivity contribution < 1.29 is 24.2 Å². The first-order valence-electron chi connectivity index (χ1n) is 8.61. The largest absolute Gasteiger partial charge is 0.455 e. The van der Waals surface area contributed by atoms with Gasteiger partial charge in [0.05, 0.1) is 5.60 Å². The van der Waals surface area contributed by atoms with Crippen molar-refractivity contribution in [1.82, 2.24) is 0 Å². The molecule has 0 aromatic heterocycles. The Hall–Kier alpha value is -2.01. The molecule has 1 aliphatic carbocycles. The molecule has 0 radical (unpaired) electrons. The van der Waals surface area contributed by atoms with Gasteiger partial charge in [0.2, 0.25) is 0 Å². The fraction of sp³-hybridized carbons (Fsp3) is 0.550. The van der Waals surface area contributed by atoms with Crippen LogP contribution in [0.1, 0.15) is 52.9 Å². The molecule has 0 saturated heterocycles. The van der Waals surface area contributed by atoms with E-state index in [-0.39, 0.29) is 42.7 Å². The Bertz CT molecular complexity index is 666. The number of aliphatic hydroxyl groups is 1. The molecular weight excluding hydrogens is 320 g/mol. The number of ketones is 2. The van der Waals surface area contributed by atoms with Crippen molar-refractivity contribution in [2.24, 2.45) is 5.92 Å². The lowest BCUT2D eigenvalue weighted by Crippen LogP contribution is -2.32. The first kappa shape index (κ1) is 19.3. The average Bonchev–Trinajstić information content (AvgIpc) is 2.79. The minimum Gasteiger partial charge on any atom is -0.455 e. The minimum absolute atomic E-state index is 0.0512. The Balaban J connectivity index is 2.30. The van der Waals surface area contributed by atoms with Crippen molar-refractivity contribution in [1.29, 1.82) is 0 Å². The molecule has 2 bridgehead atoms. The van der Waals surface area contributed by atoms with Gasteiger partial charge in [0, 0.05) is 24.8 Å². The first-order chi connectivity index (χ1) is 11.6. The second-order valence-electron chi connectivity index (χ2n) is 7.52. The van der Waals surface area contributed by atoms with E-state index in [0.29, 0.717) is 24.0 Å². The van der Waals surface area contributed by atoms with E-state index in [1.54, 1.807) is 19.9 Å². The van der Waals surface area contributed by atoms with Gasteiger partial charge in [-0.2, -0.15) is 0 Å². The monoisotopic (exact) mass is 346 g/mol. The SMILES string of the molecule is C=C(C)[C@@H]1CCC2=C[C@H](CC(C)(O)CC(=O)/C=C(/C)C(=O)C1)OC2=O. The first-order valence-corrected chi connectivity index (χ1v) is 8.61. The van der Waals surface area contributed by atoms with Crippen molar-refractivity contribution in [2.75, 3.05) is 0 Å². The van der Waals surface area contributed by atoms with Gasteiger partial charge in [-0.3, -0.25) is 9.59 Å². The number of fused-ring (bicyclic) bond motifs is 1. The Labute approximate surface area is 148 Å². The van der Waals surface area contributed by atoms with E-state index in [4.69, 9.17) is 4.74 Å². The smallest absolute Gasteiger partial charge is 0.334 e. The highest BCUT2D eigenvalue weighted by molar-refractivity contribution is 6.02. The minimum atomic E-state index is -1.31. The number of ether oxygens (including phenoxy) is 1. The summed E-state index contributed by atoms with van der Waals surface area (Å²) in [6.07, 6.45) is 3.91. The second kappa shape index (κ2) is 7.48. The Morgan fingerprint density at radius 1 is 1.36 bits per heavy atom. The van der Waals surface area contributed by atoms with Gasteiger partial charge in [0.25, 0.3) is 0 Å². The van der Waals surface area contributed by atoms with E-state index in [2.05, 4.69) is 6.58 Å². The number of hydrogen-bond donors (Lipinski definition) is 1. The molecule has 1 unspecified atom stereocenters. The summed E-state index contributed by atoms with van der Waals surface area (Å²) >= 11 is 0. The van der Waals surface area contributed by atoms with Crippen LogP contribution < -0.4 is 0 Å². The summed E-state index contributed by atoms with van der Waals surface area (Å²) in [4.78, 5) is 36.6. The maximum atomic E-state index is 12.4. The zero-order valence-corrected chi connectivity index (χ0v) is 15.1. The van der Waals surface area contributed by atoms with E-state index in [9.17, 15) is 19.5 Å². The third kappa shape index (κ3) is 5.23. The quantitative estimate of drug-likeness (QED) is 0.583. The number of Topliss-reactive ketones (excluding diaryl/α,β-unsaturated/α-hetero) is 1. The van der Waals surface area contributed by atoms with Crippen LogP contribution in [0.5, 0.6) is 0 Å². The zero-order chi connectivity index (χ0) is 18.8. The van der Waals surface area contributed by atoms with E-state index in [1.807, 2.05) is 6.92 Å². The lowest BCUT2D eigenvalue weighted by molar-refractivity contribution is -0.141. The molecule has 5 nitrogen and oxygen atoms in total. The molecule has 0 aromatic carbocycles. The van der Waals surface area contributed by atoms with Gasteiger partial charge >= 0.3 is 5.97 Å². The van der Waals surface area contributed by atoms with E-state index < -0.39 is 11.7 Å². The fourth-order valence-corrected chi connectivity index (χ4v) is 3.32. The molecule has 0 amide bonds. The second-order valence-corrected chi connectivity index (χ2v) is 7.52. The third-order valence-electron chi connectivity index (χ3n) is 4.81. The number of allylic oxidation sites excluding steroid dienone is 3. The fourth-order valence-electron chi connectivity index (χ4n) is 3.32. The van der Waals surface area contributed by atoms with Crippen LogP contribution in [-0.2, 0) is 19.1 Å². The summed E-state index contributed by atoms with van der Waals surface area (Å²) in [5.41, 5.74) is 0.526. The molecule has 2 aliphatic rings. The van der Waals surface area contributed by atoms with Crippen LogP contribution in [0.25, 0.3) is 0 Å². The molecule has 5 heteroatoms. The highest BCUT2D eigenvalue weighted by atomic mass is 16.5. The molecule has 1 heterocycles. The van der Waals surface area contributed by atoms with Gasteiger partial charge in [0.15, 0.2) is 11.6 Å². The van der Waals surface area contributed by atoms with Gasteiger partial charge in [-0.1, -0.05) is 12.2 Å². The van der Waals surface area contributed by atoms with Gasteiger partial charge < -0.3 is 9.84 Å². The lowest BCUT2D eigenvalue weighted by atomic mass is 9.86. The summed E-state index contributed by atoms with van der Waals surface area (Å²) in [6.45, 7) is 8.98. The number of hydrogen-bond acceptors (Lipinski definition) is 5. The third-order valence-corrected chi connectivity index (χ3v) is 4.81. The Morgan fingerprint density at radius 2 is 2.04 bits per heavy atom. The molecule has 0 fully saturated rings. The van der Waals surface area contributed by atoms with Crippen LogP contribution >= 0.6 is 0 Å². The standard InChI is InChI=1S/C20H26O5/c1-12(2)14-5-6-15-8-17(25-19(15)23)11-20(4,24)10-16(21)7-13(3)18(22)9-14/h7-8,14,17,24H,1,5-6,9-11H2,2-4H3/b13-7-/t14-,17-,20?/m1/s1. The summed E-state index contributed by atoms with van der Waals surface area (Å²) in [6, 6.07) is 0. The van der Waals surface area contributed by atoms with Crippen LogP contribution in [0.15, 0.2) is 35.5 Å². The normalized spacial score (nSPS) is 33.8. The van der Waals surface area contributed by atoms with Crippen LogP contribution in [-0.4, -0.2) is 34.3 Å². The maximum Gasteiger partial charge on any atom is 0.334 e. The van der Waals surface area contributed by atoms with Crippen molar-refractivity contribution in [2.45, 2.75) is 64.6 Å². The average molecular weight is 346 g/mol. The highest BCUT2D eigenvalue weighted by Crippen LogP contribution is 2.30. The lowest BCUT2D eigenvalue weighted by Gasteiger charge is -2.24. The molecule has 0 saturated carbocycles. The molecular formula is C20H26O5. The summed E-state index contributed by atoms with van der Waals surface area (Å²) < 4.78 is 5.30. The molecule has 3 atom stereocenters. The number of esters is 1. The van der Waals surface area contributed by atoms with Crippen LogP contribution in [0.4, 0.5) is 0 Å². The van der Waals surface area contributed by atoms with E-state index in [1.165, 1.54) is 6.08 Å². The number of carbonyl (C=O) groups is 3. The summed E-state index contributed by atoms with van der Waals surface area (Å²) in [7, 11) is 0.